The molecule has 1 saturated heterocycles. The Hall–Kier alpha value is -1.79. The van der Waals surface area contributed by atoms with Crippen molar-refractivity contribution in [3.05, 3.63) is 0 Å². The highest BCUT2D eigenvalue weighted by molar-refractivity contribution is 5.82. The Morgan fingerprint density at radius 3 is 2.62 bits per heavy atom. The minimum atomic E-state index is -1.02. The van der Waals surface area contributed by atoms with Gasteiger partial charge in [0.15, 0.2) is 0 Å². The van der Waals surface area contributed by atoms with Gasteiger partial charge in [-0.15, -0.1) is 0 Å². The second-order valence-electron chi connectivity index (χ2n) is 5.46. The number of carboxylic acids is 1. The average Bonchev–Trinajstić information content (AvgIpc) is 2.50. The van der Waals surface area contributed by atoms with Gasteiger partial charge < -0.3 is 20.2 Å². The predicted molar refractivity (Wildman–Crippen MR) is 77.9 cm³/mol. The smallest absolute Gasteiger partial charge is 0.323 e. The molecular weight excluding hydrogens is 274 g/mol. The van der Waals surface area contributed by atoms with Crippen molar-refractivity contribution in [2.45, 2.75) is 39.2 Å². The summed E-state index contributed by atoms with van der Waals surface area (Å²) in [5.74, 6) is -1.30. The van der Waals surface area contributed by atoms with E-state index in [0.717, 1.165) is 12.8 Å². The fourth-order valence-electron chi connectivity index (χ4n) is 2.53. The van der Waals surface area contributed by atoms with Crippen molar-refractivity contribution >= 4 is 17.9 Å². The van der Waals surface area contributed by atoms with Crippen LogP contribution in [0.4, 0.5) is 4.79 Å². The van der Waals surface area contributed by atoms with Crippen LogP contribution in [0, 0.1) is 5.92 Å². The van der Waals surface area contributed by atoms with E-state index in [4.69, 9.17) is 5.11 Å². The Balaban J connectivity index is 2.77. The molecule has 7 heteroatoms. The number of carbonyl (C=O) groups is 3. The zero-order valence-electron chi connectivity index (χ0n) is 13.0. The summed E-state index contributed by atoms with van der Waals surface area (Å²) in [6, 6.07) is -0.436. The lowest BCUT2D eigenvalue weighted by Crippen LogP contribution is -2.53. The number of likely N-dealkylation sites (tertiary alicyclic amines) is 1. The molecule has 2 atom stereocenters. The maximum absolute atomic E-state index is 12.5. The molecule has 21 heavy (non-hydrogen) atoms. The van der Waals surface area contributed by atoms with E-state index >= 15 is 0 Å². The van der Waals surface area contributed by atoms with Crippen LogP contribution in [-0.4, -0.2) is 65.5 Å². The third-order valence-corrected chi connectivity index (χ3v) is 3.98. The summed E-state index contributed by atoms with van der Waals surface area (Å²) < 4.78 is 0. The molecule has 1 heterocycles. The van der Waals surface area contributed by atoms with Crippen LogP contribution < -0.4 is 5.32 Å². The lowest BCUT2D eigenvalue weighted by Gasteiger charge is -2.37. The molecular formula is C14H25N3O4. The van der Waals surface area contributed by atoms with Gasteiger partial charge in [-0.05, 0) is 26.2 Å². The largest absolute Gasteiger partial charge is 0.480 e. The van der Waals surface area contributed by atoms with Crippen LogP contribution in [0.25, 0.3) is 0 Å². The van der Waals surface area contributed by atoms with Gasteiger partial charge in [-0.2, -0.15) is 0 Å². The molecule has 1 aliphatic rings. The van der Waals surface area contributed by atoms with E-state index in [-0.39, 0.29) is 30.4 Å². The van der Waals surface area contributed by atoms with Crippen LogP contribution in [-0.2, 0) is 9.59 Å². The van der Waals surface area contributed by atoms with Crippen LogP contribution in [0.15, 0.2) is 0 Å². The molecule has 1 fully saturated rings. The van der Waals surface area contributed by atoms with E-state index in [9.17, 15) is 14.4 Å². The normalized spacial score (nSPS) is 19.8. The van der Waals surface area contributed by atoms with Crippen molar-refractivity contribution in [1.82, 2.24) is 15.1 Å². The molecule has 0 aromatic rings. The van der Waals surface area contributed by atoms with Gasteiger partial charge in [-0.1, -0.05) is 6.92 Å². The molecule has 0 aromatic heterocycles. The summed E-state index contributed by atoms with van der Waals surface area (Å²) in [5.41, 5.74) is 0. The van der Waals surface area contributed by atoms with Crippen molar-refractivity contribution in [2.24, 2.45) is 5.92 Å². The minimum absolute atomic E-state index is 0.0687. The average molecular weight is 299 g/mol. The monoisotopic (exact) mass is 299 g/mol. The second kappa shape index (κ2) is 7.85. The number of rotatable bonds is 5. The third kappa shape index (κ3) is 4.61. The van der Waals surface area contributed by atoms with Gasteiger partial charge >= 0.3 is 12.0 Å². The topological polar surface area (TPSA) is 90.0 Å². The Bertz CT molecular complexity index is 400. The number of piperidine rings is 1. The summed E-state index contributed by atoms with van der Waals surface area (Å²) in [6.07, 6.45) is 2.20. The number of urea groups is 1. The van der Waals surface area contributed by atoms with Gasteiger partial charge in [-0.3, -0.25) is 9.59 Å². The standard InChI is InChI=1S/C14H25N3O4/c1-4-10(2)17(9-12(18)19)14(21)16-7-5-6-11(8-16)13(20)15-3/h10-11H,4-9H2,1-3H3,(H,15,20)(H,18,19). The number of nitrogens with zero attached hydrogens (tertiary/aromatic N) is 2. The Morgan fingerprint density at radius 2 is 2.10 bits per heavy atom. The van der Waals surface area contributed by atoms with E-state index in [1.807, 2.05) is 13.8 Å². The summed E-state index contributed by atoms with van der Waals surface area (Å²) in [7, 11) is 1.58. The molecule has 1 rings (SSSR count). The number of carboxylic acid groups (broad SMARTS) is 1. The molecule has 0 bridgehead atoms. The van der Waals surface area contributed by atoms with Crippen LogP contribution in [0.1, 0.15) is 33.1 Å². The molecule has 2 N–H and O–H groups in total. The predicted octanol–water partition coefficient (Wildman–Crippen LogP) is 0.750. The number of amides is 3. The van der Waals surface area contributed by atoms with E-state index in [0.29, 0.717) is 19.5 Å². The van der Waals surface area contributed by atoms with Gasteiger partial charge in [0.2, 0.25) is 5.91 Å². The molecule has 0 radical (unpaired) electrons. The third-order valence-electron chi connectivity index (χ3n) is 3.98. The first-order valence-electron chi connectivity index (χ1n) is 7.39. The summed E-state index contributed by atoms with van der Waals surface area (Å²) >= 11 is 0. The highest BCUT2D eigenvalue weighted by atomic mass is 16.4. The van der Waals surface area contributed by atoms with Crippen LogP contribution in [0.5, 0.6) is 0 Å². The first-order chi connectivity index (χ1) is 9.90. The maximum Gasteiger partial charge on any atom is 0.323 e. The number of hydrogen-bond acceptors (Lipinski definition) is 3. The van der Waals surface area contributed by atoms with Crippen LogP contribution >= 0.6 is 0 Å². The summed E-state index contributed by atoms with van der Waals surface area (Å²) in [5, 5.41) is 11.6. The maximum atomic E-state index is 12.5. The summed E-state index contributed by atoms with van der Waals surface area (Å²) in [6.45, 7) is 4.36. The van der Waals surface area contributed by atoms with Crippen molar-refractivity contribution < 1.29 is 19.5 Å². The zero-order valence-corrected chi connectivity index (χ0v) is 13.0. The number of carbonyl (C=O) groups excluding carboxylic acids is 2. The fraction of sp³-hybridized carbons (Fsp3) is 0.786. The highest BCUT2D eigenvalue weighted by Crippen LogP contribution is 2.19. The quantitative estimate of drug-likeness (QED) is 0.784. The number of hydrogen-bond donors (Lipinski definition) is 2. The second-order valence-corrected chi connectivity index (χ2v) is 5.46. The molecule has 0 aromatic carbocycles. The first kappa shape index (κ1) is 17.3. The molecule has 0 saturated carbocycles. The minimum Gasteiger partial charge on any atom is -0.480 e. The lowest BCUT2D eigenvalue weighted by atomic mass is 9.97. The van der Waals surface area contributed by atoms with Crippen LogP contribution in [0.3, 0.4) is 0 Å². The Kier molecular flexibility index (Phi) is 6.45. The molecule has 0 aliphatic carbocycles. The van der Waals surface area contributed by atoms with Crippen molar-refractivity contribution in [3.63, 3.8) is 0 Å². The van der Waals surface area contributed by atoms with Crippen molar-refractivity contribution in [2.75, 3.05) is 26.7 Å². The molecule has 1 aliphatic heterocycles. The molecule has 7 nitrogen and oxygen atoms in total. The first-order valence-corrected chi connectivity index (χ1v) is 7.39. The number of aliphatic carboxylic acids is 1. The van der Waals surface area contributed by atoms with Crippen LogP contribution in [0.2, 0.25) is 0 Å². The highest BCUT2D eigenvalue weighted by Gasteiger charge is 2.32. The lowest BCUT2D eigenvalue weighted by molar-refractivity contribution is -0.138. The fourth-order valence-corrected chi connectivity index (χ4v) is 2.53. The van der Waals surface area contributed by atoms with E-state index in [2.05, 4.69) is 5.32 Å². The molecule has 2 unspecified atom stereocenters. The van der Waals surface area contributed by atoms with Gasteiger partial charge in [0.05, 0.1) is 5.92 Å². The number of nitrogens with one attached hydrogen (secondary N) is 1. The molecule has 0 spiro atoms. The van der Waals surface area contributed by atoms with Crippen molar-refractivity contribution in [1.29, 1.82) is 0 Å². The van der Waals surface area contributed by atoms with Gasteiger partial charge in [0.1, 0.15) is 6.54 Å². The molecule has 120 valence electrons. The zero-order chi connectivity index (χ0) is 16.0. The Morgan fingerprint density at radius 1 is 1.43 bits per heavy atom. The van der Waals surface area contributed by atoms with Gasteiger partial charge in [0.25, 0.3) is 0 Å². The van der Waals surface area contributed by atoms with Crippen molar-refractivity contribution in [3.8, 4) is 0 Å². The summed E-state index contributed by atoms with van der Waals surface area (Å²) in [4.78, 5) is 38.2. The van der Waals surface area contributed by atoms with E-state index in [1.165, 1.54) is 4.90 Å². The molecule has 3 amide bonds. The van der Waals surface area contributed by atoms with Gasteiger partial charge in [-0.25, -0.2) is 4.79 Å². The SMILES string of the molecule is CCC(C)N(CC(=O)O)C(=O)N1CCCC(C(=O)NC)C1. The van der Waals surface area contributed by atoms with E-state index in [1.54, 1.807) is 11.9 Å². The van der Waals surface area contributed by atoms with Gasteiger partial charge in [0, 0.05) is 26.2 Å². The Labute approximate surface area is 125 Å². The van der Waals surface area contributed by atoms with E-state index < -0.39 is 5.97 Å².